The van der Waals surface area contributed by atoms with E-state index in [1.807, 2.05) is 12.1 Å². The van der Waals surface area contributed by atoms with Crippen LogP contribution in [0, 0.1) is 5.92 Å². The molecule has 0 radical (unpaired) electrons. The van der Waals surface area contributed by atoms with Gasteiger partial charge in [0.2, 0.25) is 5.75 Å². The lowest BCUT2D eigenvalue weighted by molar-refractivity contribution is -0.146. The number of fused-ring (bicyclic) bond motifs is 1. The van der Waals surface area contributed by atoms with Crippen LogP contribution in [0.2, 0.25) is 0 Å². The third kappa shape index (κ3) is 2.60. The van der Waals surface area contributed by atoms with Crippen LogP contribution in [0.15, 0.2) is 24.4 Å². The quantitative estimate of drug-likeness (QED) is 0.630. The molecule has 3 rings (SSSR count). The first-order valence-corrected chi connectivity index (χ1v) is 8.25. The number of ketones is 1. The summed E-state index contributed by atoms with van der Waals surface area (Å²) >= 11 is 0. The summed E-state index contributed by atoms with van der Waals surface area (Å²) in [6, 6.07) is 5.23. The second-order valence-electron chi connectivity index (χ2n) is 5.80. The first kappa shape index (κ1) is 17.8. The van der Waals surface area contributed by atoms with Gasteiger partial charge in [0.1, 0.15) is 5.92 Å². The molecule has 1 aliphatic rings. The summed E-state index contributed by atoms with van der Waals surface area (Å²) in [6.07, 6.45) is 1.74. The van der Waals surface area contributed by atoms with Crippen LogP contribution >= 0.6 is 0 Å². The van der Waals surface area contributed by atoms with E-state index in [2.05, 4.69) is 4.98 Å². The highest BCUT2D eigenvalue weighted by molar-refractivity contribution is 6.14. The summed E-state index contributed by atoms with van der Waals surface area (Å²) < 4.78 is 21.5. The molecule has 0 saturated heterocycles. The summed E-state index contributed by atoms with van der Waals surface area (Å²) in [5.41, 5.74) is 1.69. The van der Waals surface area contributed by atoms with Gasteiger partial charge in [-0.2, -0.15) is 0 Å². The number of hydrogen-bond acceptors (Lipinski definition) is 6. The molecule has 0 saturated carbocycles. The lowest BCUT2D eigenvalue weighted by Crippen LogP contribution is -2.27. The monoisotopic (exact) mass is 359 g/mol. The van der Waals surface area contributed by atoms with E-state index in [0.717, 1.165) is 5.69 Å². The molecule has 7 nitrogen and oxygen atoms in total. The molecule has 1 heterocycles. The second kappa shape index (κ2) is 7.11. The molecular weight excluding hydrogens is 338 g/mol. The van der Waals surface area contributed by atoms with Gasteiger partial charge in [-0.05, 0) is 25.1 Å². The van der Waals surface area contributed by atoms with Crippen LogP contribution in [0.5, 0.6) is 17.2 Å². The summed E-state index contributed by atoms with van der Waals surface area (Å²) in [6.45, 7) is 1.90. The first-order valence-electron chi connectivity index (χ1n) is 8.25. The Morgan fingerprint density at radius 2 is 1.88 bits per heavy atom. The zero-order chi connectivity index (χ0) is 18.8. The van der Waals surface area contributed by atoms with E-state index in [-0.39, 0.29) is 12.4 Å². The molecule has 0 bridgehead atoms. The summed E-state index contributed by atoms with van der Waals surface area (Å²) in [4.78, 5) is 28.8. The van der Waals surface area contributed by atoms with Gasteiger partial charge in [0.15, 0.2) is 17.3 Å². The van der Waals surface area contributed by atoms with Gasteiger partial charge in [0, 0.05) is 28.9 Å². The molecule has 2 aromatic rings. The van der Waals surface area contributed by atoms with Crippen LogP contribution in [0.1, 0.15) is 34.5 Å². The van der Waals surface area contributed by atoms with E-state index in [1.165, 1.54) is 21.3 Å². The Balaban J connectivity index is 2.28. The molecule has 1 aromatic heterocycles. The fraction of sp³-hybridized carbons (Fsp3) is 0.368. The van der Waals surface area contributed by atoms with Crippen LogP contribution in [-0.4, -0.2) is 44.7 Å². The van der Waals surface area contributed by atoms with Crippen molar-refractivity contribution in [3.8, 4) is 17.2 Å². The third-order valence-electron chi connectivity index (χ3n) is 4.56. The molecule has 0 spiro atoms. The largest absolute Gasteiger partial charge is 0.493 e. The Bertz CT molecular complexity index is 827. The number of hydrogen-bond donors (Lipinski definition) is 1. The lowest BCUT2D eigenvalue weighted by atomic mass is 9.88. The predicted octanol–water partition coefficient (Wildman–Crippen LogP) is 2.55. The van der Waals surface area contributed by atoms with Crippen molar-refractivity contribution in [2.75, 3.05) is 27.9 Å². The summed E-state index contributed by atoms with van der Waals surface area (Å²) in [7, 11) is 4.47. The SMILES string of the molecule is CCOC(=O)[C@@H]1C(=O)c2cc(OC)c(OC)c(OC)c2[C@H]1c1ccc[nH]1. The number of nitrogens with one attached hydrogen (secondary N) is 1. The van der Waals surface area contributed by atoms with Crippen LogP contribution in [0.3, 0.4) is 0 Å². The molecule has 138 valence electrons. The molecule has 0 unspecified atom stereocenters. The molecule has 7 heteroatoms. The van der Waals surface area contributed by atoms with E-state index in [0.29, 0.717) is 28.4 Å². The van der Waals surface area contributed by atoms with Crippen LogP contribution in [0.4, 0.5) is 0 Å². The number of carbonyl (C=O) groups excluding carboxylic acids is 2. The van der Waals surface area contributed by atoms with Crippen molar-refractivity contribution in [1.29, 1.82) is 0 Å². The molecule has 1 aliphatic carbocycles. The second-order valence-corrected chi connectivity index (χ2v) is 5.80. The Kier molecular flexibility index (Phi) is 4.88. The topological polar surface area (TPSA) is 86.9 Å². The van der Waals surface area contributed by atoms with E-state index < -0.39 is 17.8 Å². The molecule has 0 amide bonds. The van der Waals surface area contributed by atoms with Crippen molar-refractivity contribution in [1.82, 2.24) is 4.98 Å². The highest BCUT2D eigenvalue weighted by atomic mass is 16.5. The van der Waals surface area contributed by atoms with Crippen LogP contribution < -0.4 is 14.2 Å². The fourth-order valence-corrected chi connectivity index (χ4v) is 3.52. The number of carbonyl (C=O) groups is 2. The predicted molar refractivity (Wildman–Crippen MR) is 93.2 cm³/mol. The summed E-state index contributed by atoms with van der Waals surface area (Å²) in [5, 5.41) is 0. The Morgan fingerprint density at radius 3 is 2.42 bits per heavy atom. The fourth-order valence-electron chi connectivity index (χ4n) is 3.52. The molecule has 0 fully saturated rings. The van der Waals surface area contributed by atoms with Gasteiger partial charge >= 0.3 is 5.97 Å². The van der Waals surface area contributed by atoms with E-state index in [4.69, 9.17) is 18.9 Å². The molecule has 1 aromatic carbocycles. The maximum atomic E-state index is 13.1. The van der Waals surface area contributed by atoms with Crippen molar-refractivity contribution < 1.29 is 28.5 Å². The maximum Gasteiger partial charge on any atom is 0.317 e. The van der Waals surface area contributed by atoms with Gasteiger partial charge < -0.3 is 23.9 Å². The number of rotatable bonds is 6. The Labute approximate surface area is 151 Å². The van der Waals surface area contributed by atoms with Crippen molar-refractivity contribution in [2.24, 2.45) is 5.92 Å². The first-order chi connectivity index (χ1) is 12.6. The van der Waals surface area contributed by atoms with E-state index in [1.54, 1.807) is 19.2 Å². The molecule has 1 N–H and O–H groups in total. The number of methoxy groups -OCH3 is 3. The van der Waals surface area contributed by atoms with Gasteiger partial charge in [-0.25, -0.2) is 0 Å². The van der Waals surface area contributed by atoms with Gasteiger partial charge in [-0.3, -0.25) is 9.59 Å². The number of H-pyrrole nitrogens is 1. The zero-order valence-corrected chi connectivity index (χ0v) is 15.1. The van der Waals surface area contributed by atoms with Crippen LogP contribution in [-0.2, 0) is 9.53 Å². The lowest BCUT2D eigenvalue weighted by Gasteiger charge is -2.20. The number of benzene rings is 1. The highest BCUT2D eigenvalue weighted by Crippen LogP contribution is 2.53. The van der Waals surface area contributed by atoms with Crippen molar-refractivity contribution in [3.05, 3.63) is 41.2 Å². The van der Waals surface area contributed by atoms with Gasteiger partial charge in [0.05, 0.1) is 27.9 Å². The van der Waals surface area contributed by atoms with Gasteiger partial charge in [-0.1, -0.05) is 0 Å². The third-order valence-corrected chi connectivity index (χ3v) is 4.56. The standard InChI is InChI=1S/C19H21NO6/c1-5-26-19(22)15-14(11-7-6-8-20-11)13-10(16(15)21)9-12(23-2)17(24-3)18(13)25-4/h6-9,14-15,20H,5H2,1-4H3/t14-,15+/m1/s1. The summed E-state index contributed by atoms with van der Waals surface area (Å²) in [5.74, 6) is -1.31. The molecule has 2 atom stereocenters. The van der Waals surface area contributed by atoms with E-state index in [9.17, 15) is 9.59 Å². The average Bonchev–Trinajstić information content (AvgIpc) is 3.26. The highest BCUT2D eigenvalue weighted by Gasteiger charge is 2.49. The normalized spacial score (nSPS) is 18.4. The number of aromatic nitrogens is 1. The smallest absolute Gasteiger partial charge is 0.317 e. The number of aromatic amines is 1. The number of ether oxygens (including phenoxy) is 4. The molecule has 26 heavy (non-hydrogen) atoms. The Morgan fingerprint density at radius 1 is 1.15 bits per heavy atom. The molecule has 0 aliphatic heterocycles. The van der Waals surface area contributed by atoms with E-state index >= 15 is 0 Å². The van der Waals surface area contributed by atoms with Gasteiger partial charge in [-0.15, -0.1) is 0 Å². The minimum Gasteiger partial charge on any atom is -0.493 e. The zero-order valence-electron chi connectivity index (χ0n) is 15.1. The van der Waals surface area contributed by atoms with Crippen LogP contribution in [0.25, 0.3) is 0 Å². The Hall–Kier alpha value is -2.96. The van der Waals surface area contributed by atoms with Crippen molar-refractivity contribution >= 4 is 11.8 Å². The van der Waals surface area contributed by atoms with Crippen molar-refractivity contribution in [3.63, 3.8) is 0 Å². The minimum absolute atomic E-state index is 0.195. The minimum atomic E-state index is -0.991. The number of Topliss-reactive ketones (excluding diaryl/α,β-unsaturated/α-hetero) is 1. The average molecular weight is 359 g/mol. The number of esters is 1. The van der Waals surface area contributed by atoms with Gasteiger partial charge in [0.25, 0.3) is 0 Å². The molecular formula is C19H21NO6. The van der Waals surface area contributed by atoms with Crippen molar-refractivity contribution in [2.45, 2.75) is 12.8 Å². The maximum absolute atomic E-state index is 13.1.